The molecule has 0 bridgehead atoms. The average molecular weight is 283 g/mol. The van der Waals surface area contributed by atoms with Crippen molar-refractivity contribution < 1.29 is 8.42 Å². The molecule has 19 heavy (non-hydrogen) atoms. The van der Waals surface area contributed by atoms with Crippen LogP contribution in [0.1, 0.15) is 38.3 Å². The van der Waals surface area contributed by atoms with E-state index in [2.05, 4.69) is 15.0 Å². The summed E-state index contributed by atoms with van der Waals surface area (Å²) in [6, 6.07) is 3.92. The summed E-state index contributed by atoms with van der Waals surface area (Å²) in [6.07, 6.45) is 5.65. The van der Waals surface area contributed by atoms with Gasteiger partial charge in [-0.15, -0.1) is 0 Å². The van der Waals surface area contributed by atoms with E-state index in [1.807, 2.05) is 19.1 Å². The normalized spacial score (nSPS) is 19.1. The number of nitrogens with zero attached hydrogens (tertiary/aromatic N) is 1. The van der Waals surface area contributed by atoms with Crippen LogP contribution in [-0.2, 0) is 10.0 Å². The summed E-state index contributed by atoms with van der Waals surface area (Å²) in [4.78, 5) is 3.93. The lowest BCUT2D eigenvalue weighted by atomic mass is 10.1. The van der Waals surface area contributed by atoms with Gasteiger partial charge >= 0.3 is 0 Å². The molecule has 0 saturated heterocycles. The van der Waals surface area contributed by atoms with E-state index >= 15 is 0 Å². The topological polar surface area (TPSA) is 71.1 Å². The van der Waals surface area contributed by atoms with Crippen molar-refractivity contribution in [3.05, 3.63) is 30.1 Å². The highest BCUT2D eigenvalue weighted by molar-refractivity contribution is 7.90. The van der Waals surface area contributed by atoms with E-state index in [-0.39, 0.29) is 6.04 Å². The van der Waals surface area contributed by atoms with Crippen molar-refractivity contribution in [1.29, 1.82) is 0 Å². The molecule has 5 nitrogen and oxygen atoms in total. The first-order valence-electron chi connectivity index (χ1n) is 6.63. The number of nitrogens with one attached hydrogen (secondary N) is 2. The second-order valence-corrected chi connectivity index (χ2v) is 7.29. The number of aromatic nitrogens is 1. The highest BCUT2D eigenvalue weighted by Gasteiger charge is 2.26. The molecule has 0 radical (unpaired) electrons. The number of sulfonamides is 1. The van der Waals surface area contributed by atoms with Crippen molar-refractivity contribution in [2.75, 3.05) is 6.54 Å². The van der Waals surface area contributed by atoms with Gasteiger partial charge in [0.1, 0.15) is 0 Å². The Hall–Kier alpha value is -0.980. The van der Waals surface area contributed by atoms with E-state index in [9.17, 15) is 8.42 Å². The molecule has 106 valence electrons. The maximum absolute atomic E-state index is 12.2. The summed E-state index contributed by atoms with van der Waals surface area (Å²) in [5.74, 6) is 0. The molecular formula is C13H21N3O2S. The molecule has 2 atom stereocenters. The lowest BCUT2D eigenvalue weighted by molar-refractivity contribution is 0.544. The Kier molecular flexibility index (Phi) is 4.54. The van der Waals surface area contributed by atoms with Crippen LogP contribution in [0.25, 0.3) is 0 Å². The fraction of sp³-hybridized carbons (Fsp3) is 0.615. The fourth-order valence-corrected chi connectivity index (χ4v) is 2.99. The van der Waals surface area contributed by atoms with Crippen LogP contribution in [0.3, 0.4) is 0 Å². The number of hydrogen-bond acceptors (Lipinski definition) is 4. The summed E-state index contributed by atoms with van der Waals surface area (Å²) in [6.45, 7) is 4.08. The average Bonchev–Trinajstić information content (AvgIpc) is 3.20. The first-order chi connectivity index (χ1) is 8.99. The molecule has 1 aromatic rings. The lowest BCUT2D eigenvalue weighted by Crippen LogP contribution is -2.40. The molecule has 1 aliphatic rings. The molecule has 1 aromatic heterocycles. The molecule has 1 aliphatic carbocycles. The third kappa shape index (κ3) is 4.26. The van der Waals surface area contributed by atoms with E-state index in [4.69, 9.17) is 0 Å². The number of rotatable bonds is 7. The van der Waals surface area contributed by atoms with Gasteiger partial charge < -0.3 is 5.32 Å². The third-order valence-electron chi connectivity index (χ3n) is 3.35. The van der Waals surface area contributed by atoms with Gasteiger partial charge in [0.25, 0.3) is 0 Å². The highest BCUT2D eigenvalue weighted by Crippen LogP contribution is 2.19. The van der Waals surface area contributed by atoms with Gasteiger partial charge in [-0.1, -0.05) is 0 Å². The third-order valence-corrected chi connectivity index (χ3v) is 5.26. The van der Waals surface area contributed by atoms with E-state index in [0.717, 1.165) is 18.4 Å². The second-order valence-electron chi connectivity index (χ2n) is 5.16. The van der Waals surface area contributed by atoms with Crippen LogP contribution in [-0.4, -0.2) is 31.2 Å². The van der Waals surface area contributed by atoms with Crippen molar-refractivity contribution in [3.63, 3.8) is 0 Å². The highest BCUT2D eigenvalue weighted by atomic mass is 32.2. The van der Waals surface area contributed by atoms with E-state index < -0.39 is 15.3 Å². The predicted molar refractivity (Wildman–Crippen MR) is 75.2 cm³/mol. The van der Waals surface area contributed by atoms with Crippen molar-refractivity contribution >= 4 is 10.0 Å². The van der Waals surface area contributed by atoms with Crippen molar-refractivity contribution in [1.82, 2.24) is 15.0 Å². The minimum absolute atomic E-state index is 0.239. The van der Waals surface area contributed by atoms with Gasteiger partial charge in [-0.05, 0) is 44.4 Å². The van der Waals surface area contributed by atoms with E-state index in [1.165, 1.54) is 0 Å². The van der Waals surface area contributed by atoms with E-state index in [1.54, 1.807) is 19.3 Å². The van der Waals surface area contributed by atoms with Gasteiger partial charge in [-0.3, -0.25) is 4.98 Å². The summed E-state index contributed by atoms with van der Waals surface area (Å²) >= 11 is 0. The van der Waals surface area contributed by atoms with Gasteiger partial charge in [0.05, 0.1) is 5.25 Å². The summed E-state index contributed by atoms with van der Waals surface area (Å²) in [5.41, 5.74) is 0.918. The maximum Gasteiger partial charge on any atom is 0.216 e. The Labute approximate surface area is 114 Å². The quantitative estimate of drug-likeness (QED) is 0.789. The number of hydrogen-bond donors (Lipinski definition) is 2. The molecular weight excluding hydrogens is 262 g/mol. The molecule has 0 aromatic carbocycles. The molecule has 2 N–H and O–H groups in total. The van der Waals surface area contributed by atoms with Gasteiger partial charge in [0, 0.05) is 31.0 Å². The fourth-order valence-electron chi connectivity index (χ4n) is 1.81. The first kappa shape index (κ1) is 14.4. The molecule has 2 unspecified atom stereocenters. The van der Waals surface area contributed by atoms with Crippen LogP contribution in [0.15, 0.2) is 24.5 Å². The zero-order chi connectivity index (χ0) is 13.9. The van der Waals surface area contributed by atoms with Gasteiger partial charge in [-0.25, -0.2) is 13.1 Å². The molecule has 0 amide bonds. The van der Waals surface area contributed by atoms with Crippen LogP contribution in [0.2, 0.25) is 0 Å². The van der Waals surface area contributed by atoms with Gasteiger partial charge in [0.15, 0.2) is 0 Å². The molecule has 1 saturated carbocycles. The smallest absolute Gasteiger partial charge is 0.216 e. The molecule has 1 fully saturated rings. The maximum atomic E-state index is 12.2. The zero-order valence-electron chi connectivity index (χ0n) is 11.3. The summed E-state index contributed by atoms with van der Waals surface area (Å²) in [7, 11) is -3.31. The van der Waals surface area contributed by atoms with Crippen LogP contribution < -0.4 is 10.0 Å². The Morgan fingerprint density at radius 1 is 1.32 bits per heavy atom. The van der Waals surface area contributed by atoms with Crippen LogP contribution in [0.5, 0.6) is 0 Å². The standard InChI is InChI=1S/C13H21N3O2S/c1-10(9-15-13-3-4-13)19(17,18)16-11(2)12-5-7-14-8-6-12/h5-8,10-11,13,15-16H,3-4,9H2,1-2H3. The second kappa shape index (κ2) is 5.98. The molecule has 2 rings (SSSR count). The van der Waals surface area contributed by atoms with Gasteiger partial charge in [0.2, 0.25) is 10.0 Å². The van der Waals surface area contributed by atoms with Crippen molar-refractivity contribution in [3.8, 4) is 0 Å². The van der Waals surface area contributed by atoms with Crippen LogP contribution in [0.4, 0.5) is 0 Å². The molecule has 0 spiro atoms. The Balaban J connectivity index is 1.91. The lowest BCUT2D eigenvalue weighted by Gasteiger charge is -2.19. The Morgan fingerprint density at radius 3 is 2.53 bits per heavy atom. The number of pyridine rings is 1. The zero-order valence-corrected chi connectivity index (χ0v) is 12.2. The molecule has 0 aliphatic heterocycles. The Bertz CT molecular complexity index is 500. The molecule has 6 heteroatoms. The SMILES string of the molecule is CC(NS(=O)(=O)C(C)CNC1CC1)c1ccncc1. The monoisotopic (exact) mass is 283 g/mol. The van der Waals surface area contributed by atoms with Crippen molar-refractivity contribution in [2.45, 2.75) is 44.0 Å². The van der Waals surface area contributed by atoms with E-state index in [0.29, 0.717) is 12.6 Å². The predicted octanol–water partition coefficient (Wildman–Crippen LogP) is 1.20. The first-order valence-corrected chi connectivity index (χ1v) is 8.18. The van der Waals surface area contributed by atoms with Crippen LogP contribution >= 0.6 is 0 Å². The molecule has 1 heterocycles. The van der Waals surface area contributed by atoms with Crippen LogP contribution in [0, 0.1) is 0 Å². The largest absolute Gasteiger partial charge is 0.313 e. The Morgan fingerprint density at radius 2 is 1.95 bits per heavy atom. The minimum atomic E-state index is -3.31. The summed E-state index contributed by atoms with van der Waals surface area (Å²) in [5, 5.41) is 2.81. The van der Waals surface area contributed by atoms with Crippen molar-refractivity contribution in [2.24, 2.45) is 0 Å². The van der Waals surface area contributed by atoms with Gasteiger partial charge in [-0.2, -0.15) is 0 Å². The summed E-state index contributed by atoms with van der Waals surface area (Å²) < 4.78 is 27.1. The minimum Gasteiger partial charge on any atom is -0.313 e.